The number of ether oxygens (including phenoxy) is 2. The first kappa shape index (κ1) is 28.7. The van der Waals surface area contributed by atoms with E-state index in [1.807, 2.05) is 49.4 Å². The Morgan fingerprint density at radius 3 is 2.30 bits per heavy atom. The van der Waals surface area contributed by atoms with Crippen molar-refractivity contribution in [3.05, 3.63) is 100 Å². The summed E-state index contributed by atoms with van der Waals surface area (Å²) in [5.41, 5.74) is 5.92. The Morgan fingerprint density at radius 2 is 1.59 bits per heavy atom. The van der Waals surface area contributed by atoms with Gasteiger partial charge in [-0.05, 0) is 67.6 Å². The molecule has 0 aliphatic heterocycles. The monoisotopic (exact) mass is 518 g/mol. The predicted octanol–water partition coefficient (Wildman–Crippen LogP) is 8.19. The minimum absolute atomic E-state index is 0.158. The molecule has 0 aliphatic rings. The predicted molar refractivity (Wildman–Crippen MR) is 154 cm³/mol. The number of hydrogen-bond acceptors (Lipinski definition) is 4. The van der Waals surface area contributed by atoms with Gasteiger partial charge in [-0.15, -0.1) is 0 Å². The van der Waals surface area contributed by atoms with Gasteiger partial charge in [0.25, 0.3) is 0 Å². The largest absolute Gasteiger partial charge is 0.493 e. The molecule has 4 nitrogen and oxygen atoms in total. The highest BCUT2D eigenvalue weighted by molar-refractivity contribution is 6.74. The van der Waals surface area contributed by atoms with Crippen molar-refractivity contribution >= 4 is 14.3 Å². The molecule has 0 heterocycles. The van der Waals surface area contributed by atoms with Crippen LogP contribution >= 0.6 is 0 Å². The Kier molecular flexibility index (Phi) is 9.74. The Hall–Kier alpha value is -2.89. The minimum Gasteiger partial charge on any atom is -0.493 e. The number of carbonyl (C=O) groups is 1. The molecular formula is C32H42O4Si. The maximum absolute atomic E-state index is 12.9. The third-order valence-corrected chi connectivity index (χ3v) is 11.7. The van der Waals surface area contributed by atoms with Crippen LogP contribution in [0.15, 0.2) is 66.7 Å². The lowest BCUT2D eigenvalue weighted by Gasteiger charge is -2.36. The molecule has 3 aromatic carbocycles. The average molecular weight is 519 g/mol. The van der Waals surface area contributed by atoms with Crippen LogP contribution in [0, 0.1) is 13.8 Å². The highest BCUT2D eigenvalue weighted by Gasteiger charge is 2.37. The first-order valence-corrected chi connectivity index (χ1v) is 16.0. The van der Waals surface area contributed by atoms with E-state index in [2.05, 4.69) is 65.1 Å². The van der Waals surface area contributed by atoms with Crippen LogP contribution in [-0.2, 0) is 28.8 Å². The molecule has 0 spiro atoms. The van der Waals surface area contributed by atoms with E-state index >= 15 is 0 Å². The second kappa shape index (κ2) is 12.6. The van der Waals surface area contributed by atoms with E-state index < -0.39 is 8.32 Å². The van der Waals surface area contributed by atoms with Gasteiger partial charge >= 0.3 is 5.97 Å². The van der Waals surface area contributed by atoms with Crippen molar-refractivity contribution in [2.75, 3.05) is 6.61 Å². The molecule has 0 saturated heterocycles. The SMILES string of the molecule is Cc1ccc(C(=O)OCc2ccccc2)c(CCCOc2c(C)cccc2CO[Si](C)(C)C(C)(C)C)c1. The van der Waals surface area contributed by atoms with Crippen molar-refractivity contribution in [1.82, 2.24) is 0 Å². The molecule has 37 heavy (non-hydrogen) atoms. The normalized spacial score (nSPS) is 11.9. The zero-order valence-corrected chi connectivity index (χ0v) is 24.5. The highest BCUT2D eigenvalue weighted by atomic mass is 28.4. The van der Waals surface area contributed by atoms with Crippen LogP contribution in [0.4, 0.5) is 0 Å². The second-order valence-electron chi connectivity index (χ2n) is 11.3. The molecule has 3 aromatic rings. The van der Waals surface area contributed by atoms with Crippen LogP contribution in [0.2, 0.25) is 18.1 Å². The van der Waals surface area contributed by atoms with E-state index in [1.165, 1.54) is 0 Å². The van der Waals surface area contributed by atoms with Crippen LogP contribution in [0.3, 0.4) is 0 Å². The molecule has 0 radical (unpaired) electrons. The standard InChI is InChI=1S/C32H42O4Si/c1-24-18-19-29(31(33)35-22-26-14-9-8-10-15-26)27(21-24)17-12-20-34-30-25(2)13-11-16-28(30)23-36-37(6,7)32(3,4)5/h8-11,13-16,18-19,21H,12,17,20,22-23H2,1-7H3. The Balaban J connectivity index is 1.61. The first-order valence-electron chi connectivity index (χ1n) is 13.1. The molecule has 0 atom stereocenters. The Morgan fingerprint density at radius 1 is 0.865 bits per heavy atom. The van der Waals surface area contributed by atoms with E-state index in [1.54, 1.807) is 0 Å². The third-order valence-electron chi connectivity index (χ3n) is 7.22. The van der Waals surface area contributed by atoms with Crippen molar-refractivity contribution in [2.45, 2.75) is 78.8 Å². The molecular weight excluding hydrogens is 476 g/mol. The molecule has 5 heteroatoms. The van der Waals surface area contributed by atoms with Crippen LogP contribution in [0.1, 0.15) is 65.4 Å². The lowest BCUT2D eigenvalue weighted by atomic mass is 10.0. The lowest BCUT2D eigenvalue weighted by molar-refractivity contribution is 0.0471. The summed E-state index contributed by atoms with van der Waals surface area (Å²) in [7, 11) is -1.86. The van der Waals surface area contributed by atoms with Crippen molar-refractivity contribution in [2.24, 2.45) is 0 Å². The number of carbonyl (C=O) groups excluding carboxylic acids is 1. The summed E-state index contributed by atoms with van der Waals surface area (Å²) in [6.45, 7) is 16.8. The fraction of sp³-hybridized carbons (Fsp3) is 0.406. The van der Waals surface area contributed by atoms with Crippen molar-refractivity contribution in [3.8, 4) is 5.75 Å². The van der Waals surface area contributed by atoms with E-state index in [0.717, 1.165) is 46.4 Å². The Bertz CT molecular complexity index is 1180. The van der Waals surface area contributed by atoms with Gasteiger partial charge in [0.1, 0.15) is 12.4 Å². The van der Waals surface area contributed by atoms with Gasteiger partial charge in [0, 0.05) is 5.56 Å². The van der Waals surface area contributed by atoms with Crippen LogP contribution in [0.25, 0.3) is 0 Å². The van der Waals surface area contributed by atoms with Crippen LogP contribution in [0.5, 0.6) is 5.75 Å². The van der Waals surface area contributed by atoms with Crippen molar-refractivity contribution in [3.63, 3.8) is 0 Å². The fourth-order valence-electron chi connectivity index (χ4n) is 3.87. The molecule has 0 bridgehead atoms. The summed E-state index contributed by atoms with van der Waals surface area (Å²) >= 11 is 0. The average Bonchev–Trinajstić information content (AvgIpc) is 2.85. The summed E-state index contributed by atoms with van der Waals surface area (Å²) in [5, 5.41) is 0.158. The lowest BCUT2D eigenvalue weighted by Crippen LogP contribution is -2.40. The number of aryl methyl sites for hydroxylation is 3. The molecule has 0 unspecified atom stereocenters. The molecule has 198 valence electrons. The number of rotatable bonds is 11. The Labute approximate surface area is 224 Å². The molecule has 0 fully saturated rings. The quantitative estimate of drug-likeness (QED) is 0.146. The first-order chi connectivity index (χ1) is 17.5. The van der Waals surface area contributed by atoms with Gasteiger partial charge in [0.15, 0.2) is 8.32 Å². The molecule has 0 saturated carbocycles. The zero-order chi connectivity index (χ0) is 27.1. The molecule has 0 amide bonds. The van der Waals surface area contributed by atoms with E-state index in [-0.39, 0.29) is 17.6 Å². The number of esters is 1. The summed E-state index contributed by atoms with van der Waals surface area (Å²) in [4.78, 5) is 12.9. The second-order valence-corrected chi connectivity index (χ2v) is 16.1. The van der Waals surface area contributed by atoms with Gasteiger partial charge in [-0.2, -0.15) is 0 Å². The van der Waals surface area contributed by atoms with Crippen LogP contribution in [-0.4, -0.2) is 20.9 Å². The van der Waals surface area contributed by atoms with Crippen molar-refractivity contribution < 1.29 is 18.7 Å². The van der Waals surface area contributed by atoms with Gasteiger partial charge in [0.05, 0.1) is 18.8 Å². The highest BCUT2D eigenvalue weighted by Crippen LogP contribution is 2.38. The van der Waals surface area contributed by atoms with Gasteiger partial charge in [-0.25, -0.2) is 4.79 Å². The van der Waals surface area contributed by atoms with E-state index in [9.17, 15) is 4.79 Å². The fourth-order valence-corrected chi connectivity index (χ4v) is 4.82. The van der Waals surface area contributed by atoms with Crippen LogP contribution < -0.4 is 4.74 Å². The summed E-state index contributed by atoms with van der Waals surface area (Å²) < 4.78 is 18.4. The van der Waals surface area contributed by atoms with Gasteiger partial charge in [0.2, 0.25) is 0 Å². The van der Waals surface area contributed by atoms with Crippen molar-refractivity contribution in [1.29, 1.82) is 0 Å². The van der Waals surface area contributed by atoms with Gasteiger partial charge < -0.3 is 13.9 Å². The topological polar surface area (TPSA) is 44.8 Å². The van der Waals surface area contributed by atoms with Gasteiger partial charge in [-0.1, -0.05) is 87.0 Å². The summed E-state index contributed by atoms with van der Waals surface area (Å²) in [6, 6.07) is 21.9. The van der Waals surface area contributed by atoms with E-state index in [4.69, 9.17) is 13.9 Å². The molecule has 0 aromatic heterocycles. The number of para-hydroxylation sites is 1. The maximum atomic E-state index is 12.9. The third kappa shape index (κ3) is 8.04. The molecule has 3 rings (SSSR count). The van der Waals surface area contributed by atoms with E-state index in [0.29, 0.717) is 18.8 Å². The van der Waals surface area contributed by atoms with Gasteiger partial charge in [-0.3, -0.25) is 0 Å². The maximum Gasteiger partial charge on any atom is 0.338 e. The number of benzene rings is 3. The zero-order valence-electron chi connectivity index (χ0n) is 23.5. The summed E-state index contributed by atoms with van der Waals surface area (Å²) in [6.07, 6.45) is 1.53. The molecule has 0 aliphatic carbocycles. The number of hydrogen-bond donors (Lipinski definition) is 0. The summed E-state index contributed by atoms with van der Waals surface area (Å²) in [5.74, 6) is 0.622. The minimum atomic E-state index is -1.86. The smallest absolute Gasteiger partial charge is 0.338 e. The molecule has 0 N–H and O–H groups in total.